The first-order valence-electron chi connectivity index (χ1n) is 5.06. The van der Waals surface area contributed by atoms with Crippen molar-refractivity contribution in [2.24, 2.45) is 0 Å². The summed E-state index contributed by atoms with van der Waals surface area (Å²) in [5.41, 5.74) is 0.319. The third kappa shape index (κ3) is 3.10. The molecule has 1 rings (SSSR count). The van der Waals surface area contributed by atoms with E-state index in [4.69, 9.17) is 4.42 Å². The quantitative estimate of drug-likeness (QED) is 0.826. The Bertz CT molecular complexity index is 350. The number of aryl methyl sites for hydroxylation is 1. The van der Waals surface area contributed by atoms with Crippen molar-refractivity contribution in [2.45, 2.75) is 25.8 Å². The zero-order valence-electron chi connectivity index (χ0n) is 9.35. The minimum absolute atomic E-state index is 0.0994. The van der Waals surface area contributed by atoms with Crippen LogP contribution in [0.4, 0.5) is 0 Å². The Morgan fingerprint density at radius 1 is 1.50 bits per heavy atom. The second kappa shape index (κ2) is 5.87. The lowest BCUT2D eigenvalue weighted by molar-refractivity contribution is 0.0915. The van der Waals surface area contributed by atoms with Gasteiger partial charge in [-0.1, -0.05) is 38.8 Å². The summed E-state index contributed by atoms with van der Waals surface area (Å²) in [7, 11) is 0. The van der Waals surface area contributed by atoms with E-state index in [-0.39, 0.29) is 11.4 Å². The Labute approximate surface area is 112 Å². The van der Waals surface area contributed by atoms with E-state index in [1.54, 1.807) is 6.07 Å². The van der Waals surface area contributed by atoms with Gasteiger partial charge in [-0.3, -0.25) is 4.79 Å². The smallest absolute Gasteiger partial charge is 0.255 e. The zero-order valence-corrected chi connectivity index (χ0v) is 12.5. The van der Waals surface area contributed by atoms with Crippen molar-refractivity contribution in [1.82, 2.24) is 5.32 Å². The lowest BCUT2D eigenvalue weighted by Gasteiger charge is -2.29. The average Bonchev–Trinajstić information content (AvgIpc) is 2.73. The van der Waals surface area contributed by atoms with E-state index in [9.17, 15) is 4.79 Å². The molecule has 0 saturated carbocycles. The van der Waals surface area contributed by atoms with Crippen molar-refractivity contribution >= 4 is 37.8 Å². The van der Waals surface area contributed by atoms with Crippen LogP contribution >= 0.6 is 31.9 Å². The standard InChI is InChI=1S/C11H15Br2NO2/c1-3-11(6-12,7-13)14-10(15)9-4-8(2)16-5-9/h4-5H,3,6-7H2,1-2H3,(H,14,15). The number of alkyl halides is 2. The number of amides is 1. The Hall–Kier alpha value is -0.290. The van der Waals surface area contributed by atoms with Crippen LogP contribution in [-0.2, 0) is 0 Å². The monoisotopic (exact) mass is 351 g/mol. The molecule has 90 valence electrons. The first kappa shape index (κ1) is 13.8. The second-order valence-corrected chi connectivity index (χ2v) is 4.92. The predicted molar refractivity (Wildman–Crippen MR) is 71.5 cm³/mol. The molecule has 1 amide bonds. The lowest BCUT2D eigenvalue weighted by Crippen LogP contribution is -2.51. The summed E-state index contributed by atoms with van der Waals surface area (Å²) in [4.78, 5) is 11.9. The predicted octanol–water partition coefficient (Wildman–Crippen LogP) is 3.26. The molecule has 0 aliphatic heterocycles. The summed E-state index contributed by atoms with van der Waals surface area (Å²) < 4.78 is 5.12. The van der Waals surface area contributed by atoms with Crippen molar-refractivity contribution in [1.29, 1.82) is 0 Å². The van der Waals surface area contributed by atoms with Crippen LogP contribution in [-0.4, -0.2) is 22.1 Å². The Balaban J connectivity index is 2.76. The number of carbonyl (C=O) groups excluding carboxylic acids is 1. The molecule has 5 heteroatoms. The summed E-state index contributed by atoms with van der Waals surface area (Å²) in [6.07, 6.45) is 2.33. The van der Waals surface area contributed by atoms with Gasteiger partial charge in [-0.05, 0) is 19.4 Å². The Morgan fingerprint density at radius 3 is 2.50 bits per heavy atom. The van der Waals surface area contributed by atoms with Crippen LogP contribution in [0.1, 0.15) is 29.5 Å². The SMILES string of the molecule is CCC(CBr)(CBr)NC(=O)c1coc(C)c1. The van der Waals surface area contributed by atoms with Gasteiger partial charge in [-0.25, -0.2) is 0 Å². The van der Waals surface area contributed by atoms with E-state index < -0.39 is 0 Å². The van der Waals surface area contributed by atoms with Crippen LogP contribution in [0.2, 0.25) is 0 Å². The number of hydrogen-bond acceptors (Lipinski definition) is 2. The van der Waals surface area contributed by atoms with Gasteiger partial charge < -0.3 is 9.73 Å². The van der Waals surface area contributed by atoms with Crippen LogP contribution in [0, 0.1) is 6.92 Å². The van der Waals surface area contributed by atoms with Gasteiger partial charge in [0.2, 0.25) is 0 Å². The highest BCUT2D eigenvalue weighted by Crippen LogP contribution is 2.18. The third-order valence-corrected chi connectivity index (χ3v) is 4.71. The molecule has 0 saturated heterocycles. The molecule has 16 heavy (non-hydrogen) atoms. The molecule has 0 atom stereocenters. The van der Waals surface area contributed by atoms with Crippen LogP contribution in [0.3, 0.4) is 0 Å². The van der Waals surface area contributed by atoms with Gasteiger partial charge in [0.15, 0.2) is 0 Å². The van der Waals surface area contributed by atoms with Crippen molar-refractivity contribution in [3.05, 3.63) is 23.7 Å². The molecule has 1 aromatic rings. The number of hydrogen-bond donors (Lipinski definition) is 1. The summed E-state index contributed by atoms with van der Waals surface area (Å²) in [6, 6.07) is 1.73. The molecule has 3 nitrogen and oxygen atoms in total. The van der Waals surface area contributed by atoms with Crippen molar-refractivity contribution in [3.63, 3.8) is 0 Å². The minimum atomic E-state index is -0.248. The Morgan fingerprint density at radius 2 is 2.12 bits per heavy atom. The van der Waals surface area contributed by atoms with Gasteiger partial charge in [0, 0.05) is 10.7 Å². The molecule has 0 bridgehead atoms. The molecule has 0 aliphatic carbocycles. The average molecular weight is 353 g/mol. The molecule has 0 radical (unpaired) electrons. The van der Waals surface area contributed by atoms with E-state index in [1.807, 2.05) is 13.8 Å². The third-order valence-electron chi connectivity index (χ3n) is 2.56. The van der Waals surface area contributed by atoms with Gasteiger partial charge >= 0.3 is 0 Å². The van der Waals surface area contributed by atoms with E-state index in [0.717, 1.165) is 12.2 Å². The normalized spacial score (nSPS) is 11.5. The number of nitrogens with one attached hydrogen (secondary N) is 1. The minimum Gasteiger partial charge on any atom is -0.469 e. The van der Waals surface area contributed by atoms with E-state index in [2.05, 4.69) is 37.2 Å². The van der Waals surface area contributed by atoms with Crippen LogP contribution in [0.25, 0.3) is 0 Å². The fourth-order valence-electron chi connectivity index (χ4n) is 1.26. The van der Waals surface area contributed by atoms with Crippen molar-refractivity contribution < 1.29 is 9.21 Å². The summed E-state index contributed by atoms with van der Waals surface area (Å²) in [5, 5.41) is 4.44. The highest BCUT2D eigenvalue weighted by molar-refractivity contribution is 9.09. The largest absolute Gasteiger partial charge is 0.469 e. The Kier molecular flexibility index (Phi) is 5.05. The van der Waals surface area contributed by atoms with Crippen LogP contribution in [0.5, 0.6) is 0 Å². The molecule has 1 aromatic heterocycles. The molecule has 1 N–H and O–H groups in total. The molecule has 0 aliphatic rings. The van der Waals surface area contributed by atoms with Crippen LogP contribution < -0.4 is 5.32 Å². The summed E-state index contributed by atoms with van der Waals surface area (Å²) in [5.74, 6) is 0.641. The highest BCUT2D eigenvalue weighted by atomic mass is 79.9. The topological polar surface area (TPSA) is 42.2 Å². The second-order valence-electron chi connectivity index (χ2n) is 3.80. The summed E-state index contributed by atoms with van der Waals surface area (Å²) >= 11 is 6.86. The molecule has 1 heterocycles. The molecular weight excluding hydrogens is 338 g/mol. The molecule has 0 fully saturated rings. The maximum absolute atomic E-state index is 11.9. The molecule has 0 aromatic carbocycles. The fraction of sp³-hybridized carbons (Fsp3) is 0.545. The zero-order chi connectivity index (χ0) is 12.2. The van der Waals surface area contributed by atoms with E-state index in [0.29, 0.717) is 16.2 Å². The van der Waals surface area contributed by atoms with Gasteiger partial charge in [0.25, 0.3) is 5.91 Å². The van der Waals surface area contributed by atoms with Gasteiger partial charge in [0.05, 0.1) is 11.1 Å². The van der Waals surface area contributed by atoms with Gasteiger partial charge in [-0.15, -0.1) is 0 Å². The maximum atomic E-state index is 11.9. The highest BCUT2D eigenvalue weighted by Gasteiger charge is 2.28. The van der Waals surface area contributed by atoms with Crippen LogP contribution in [0.15, 0.2) is 16.7 Å². The van der Waals surface area contributed by atoms with Crippen molar-refractivity contribution in [3.8, 4) is 0 Å². The maximum Gasteiger partial charge on any atom is 0.255 e. The molecule has 0 spiro atoms. The molecule has 0 unspecified atom stereocenters. The first-order valence-corrected chi connectivity index (χ1v) is 7.31. The number of halogens is 2. The van der Waals surface area contributed by atoms with Gasteiger partial charge in [-0.2, -0.15) is 0 Å². The van der Waals surface area contributed by atoms with E-state index in [1.165, 1.54) is 6.26 Å². The number of rotatable bonds is 5. The fourth-order valence-corrected chi connectivity index (χ4v) is 3.26. The van der Waals surface area contributed by atoms with Gasteiger partial charge in [0.1, 0.15) is 12.0 Å². The molecular formula is C11H15Br2NO2. The number of carbonyl (C=O) groups is 1. The lowest BCUT2D eigenvalue weighted by atomic mass is 10.0. The summed E-state index contributed by atoms with van der Waals surface area (Å²) in [6.45, 7) is 3.86. The first-order chi connectivity index (χ1) is 7.56. The van der Waals surface area contributed by atoms with E-state index >= 15 is 0 Å². The van der Waals surface area contributed by atoms with Crippen molar-refractivity contribution in [2.75, 3.05) is 10.7 Å². The number of furan rings is 1.